The van der Waals surface area contributed by atoms with E-state index >= 15 is 0 Å². The fraction of sp³-hybridized carbons (Fsp3) is 0.733. The van der Waals surface area contributed by atoms with Gasteiger partial charge < -0.3 is 15.4 Å². The van der Waals surface area contributed by atoms with Gasteiger partial charge in [-0.15, -0.1) is 5.10 Å². The Morgan fingerprint density at radius 1 is 1.35 bits per heavy atom. The summed E-state index contributed by atoms with van der Waals surface area (Å²) in [5.74, 6) is 0.945. The van der Waals surface area contributed by atoms with Crippen molar-refractivity contribution in [2.75, 3.05) is 24.6 Å². The minimum Gasteiger partial charge on any atom is -0.376 e. The highest BCUT2D eigenvalue weighted by Crippen LogP contribution is 2.25. The zero-order chi connectivity index (χ0) is 14.5. The molecular formula is C15H26N4O. The number of nitrogens with two attached hydrogens (primary N) is 1. The average molecular weight is 278 g/mol. The van der Waals surface area contributed by atoms with Gasteiger partial charge in [-0.05, 0) is 38.7 Å². The smallest absolute Gasteiger partial charge is 0.156 e. The maximum atomic E-state index is 5.92. The molecule has 0 amide bonds. The molecule has 20 heavy (non-hydrogen) atoms. The van der Waals surface area contributed by atoms with E-state index in [2.05, 4.69) is 28.9 Å². The molecule has 2 rings (SSSR count). The summed E-state index contributed by atoms with van der Waals surface area (Å²) < 4.78 is 5.89. The lowest BCUT2D eigenvalue weighted by molar-refractivity contribution is 0.0438. The van der Waals surface area contributed by atoms with E-state index in [1.807, 2.05) is 6.92 Å². The van der Waals surface area contributed by atoms with E-state index in [1.165, 1.54) is 0 Å². The monoisotopic (exact) mass is 278 g/mol. The Kier molecular flexibility index (Phi) is 5.31. The number of piperidine rings is 1. The maximum Gasteiger partial charge on any atom is 0.156 e. The zero-order valence-corrected chi connectivity index (χ0v) is 12.9. The lowest BCUT2D eigenvalue weighted by Crippen LogP contribution is -2.41. The molecule has 0 aromatic carbocycles. The molecule has 112 valence electrons. The van der Waals surface area contributed by atoms with Crippen molar-refractivity contribution in [2.24, 2.45) is 5.73 Å². The first-order valence-corrected chi connectivity index (χ1v) is 7.56. The second-order valence-electron chi connectivity index (χ2n) is 5.50. The van der Waals surface area contributed by atoms with Gasteiger partial charge in [0.2, 0.25) is 0 Å². The van der Waals surface area contributed by atoms with Gasteiger partial charge in [-0.2, -0.15) is 5.10 Å². The van der Waals surface area contributed by atoms with E-state index in [1.54, 1.807) is 0 Å². The third kappa shape index (κ3) is 3.27. The SMILES string of the molecule is CCCOC1CCCN(c2nnc(C)c(C)c2CN)C1. The van der Waals surface area contributed by atoms with Crippen LogP contribution in [0.2, 0.25) is 0 Å². The molecule has 1 aliphatic rings. The van der Waals surface area contributed by atoms with Crippen molar-refractivity contribution in [3.63, 3.8) is 0 Å². The third-order valence-electron chi connectivity index (χ3n) is 4.00. The van der Waals surface area contributed by atoms with Crippen LogP contribution in [0.4, 0.5) is 5.82 Å². The second-order valence-corrected chi connectivity index (χ2v) is 5.50. The van der Waals surface area contributed by atoms with Gasteiger partial charge in [0.15, 0.2) is 5.82 Å². The molecule has 5 heteroatoms. The summed E-state index contributed by atoms with van der Waals surface area (Å²) >= 11 is 0. The van der Waals surface area contributed by atoms with Crippen LogP contribution in [0.15, 0.2) is 0 Å². The molecule has 0 bridgehead atoms. The van der Waals surface area contributed by atoms with Crippen molar-refractivity contribution in [1.29, 1.82) is 0 Å². The molecule has 0 aliphatic carbocycles. The van der Waals surface area contributed by atoms with E-state index in [-0.39, 0.29) is 0 Å². The Balaban J connectivity index is 2.16. The molecule has 0 radical (unpaired) electrons. The molecule has 2 N–H and O–H groups in total. The van der Waals surface area contributed by atoms with E-state index in [0.717, 1.165) is 61.6 Å². The van der Waals surface area contributed by atoms with Crippen LogP contribution in [0.25, 0.3) is 0 Å². The molecule has 1 aliphatic heterocycles. The van der Waals surface area contributed by atoms with Gasteiger partial charge in [-0.25, -0.2) is 0 Å². The van der Waals surface area contributed by atoms with Crippen molar-refractivity contribution in [3.8, 4) is 0 Å². The first-order valence-electron chi connectivity index (χ1n) is 7.56. The highest BCUT2D eigenvalue weighted by Gasteiger charge is 2.24. The van der Waals surface area contributed by atoms with Gasteiger partial charge in [0.25, 0.3) is 0 Å². The summed E-state index contributed by atoms with van der Waals surface area (Å²) in [6, 6.07) is 0. The van der Waals surface area contributed by atoms with Crippen LogP contribution in [-0.2, 0) is 11.3 Å². The molecule has 1 unspecified atom stereocenters. The number of rotatable bonds is 5. The van der Waals surface area contributed by atoms with Crippen LogP contribution in [0.5, 0.6) is 0 Å². The second kappa shape index (κ2) is 6.99. The van der Waals surface area contributed by atoms with Crippen molar-refractivity contribution >= 4 is 5.82 Å². The molecule has 5 nitrogen and oxygen atoms in total. The lowest BCUT2D eigenvalue weighted by Gasteiger charge is -2.34. The highest BCUT2D eigenvalue weighted by molar-refractivity contribution is 5.51. The fourth-order valence-corrected chi connectivity index (χ4v) is 2.69. The van der Waals surface area contributed by atoms with E-state index < -0.39 is 0 Å². The number of aryl methyl sites for hydroxylation is 1. The average Bonchev–Trinajstić information content (AvgIpc) is 2.48. The van der Waals surface area contributed by atoms with Crippen LogP contribution in [0.1, 0.15) is 43.0 Å². The molecule has 0 saturated carbocycles. The Bertz CT molecular complexity index is 450. The summed E-state index contributed by atoms with van der Waals surface area (Å²) in [6.45, 7) is 9.44. The van der Waals surface area contributed by atoms with E-state index in [9.17, 15) is 0 Å². The molecule has 0 spiro atoms. The summed E-state index contributed by atoms with van der Waals surface area (Å²) in [7, 11) is 0. The summed E-state index contributed by atoms with van der Waals surface area (Å²) in [5, 5.41) is 8.65. The number of anilines is 1. The Labute approximate surface area is 121 Å². The summed E-state index contributed by atoms with van der Waals surface area (Å²) in [6.07, 6.45) is 3.63. The van der Waals surface area contributed by atoms with Gasteiger partial charge >= 0.3 is 0 Å². The predicted octanol–water partition coefficient (Wildman–Crippen LogP) is 1.95. The fourth-order valence-electron chi connectivity index (χ4n) is 2.69. The third-order valence-corrected chi connectivity index (χ3v) is 4.00. The predicted molar refractivity (Wildman–Crippen MR) is 80.9 cm³/mol. The van der Waals surface area contributed by atoms with Gasteiger partial charge in [0, 0.05) is 31.8 Å². The Hall–Kier alpha value is -1.20. The summed E-state index contributed by atoms with van der Waals surface area (Å²) in [4.78, 5) is 2.28. The molecule has 1 fully saturated rings. The van der Waals surface area contributed by atoms with E-state index in [4.69, 9.17) is 10.5 Å². The zero-order valence-electron chi connectivity index (χ0n) is 12.9. The highest BCUT2D eigenvalue weighted by atomic mass is 16.5. The minimum atomic E-state index is 0.303. The lowest BCUT2D eigenvalue weighted by atomic mass is 10.0. The van der Waals surface area contributed by atoms with Crippen LogP contribution in [0.3, 0.4) is 0 Å². The normalized spacial score (nSPS) is 19.4. The van der Waals surface area contributed by atoms with Crippen LogP contribution in [-0.4, -0.2) is 36.0 Å². The molecule has 2 heterocycles. The topological polar surface area (TPSA) is 64.3 Å². The van der Waals surface area contributed by atoms with Crippen LogP contribution in [0, 0.1) is 13.8 Å². The van der Waals surface area contributed by atoms with Crippen LogP contribution < -0.4 is 10.6 Å². The van der Waals surface area contributed by atoms with Gasteiger partial charge in [-0.1, -0.05) is 6.92 Å². The number of nitrogens with zero attached hydrogens (tertiary/aromatic N) is 3. The Morgan fingerprint density at radius 3 is 2.85 bits per heavy atom. The molecule has 1 aromatic rings. The van der Waals surface area contributed by atoms with Crippen molar-refractivity contribution < 1.29 is 4.74 Å². The number of aromatic nitrogens is 2. The van der Waals surface area contributed by atoms with Crippen molar-refractivity contribution in [2.45, 2.75) is 52.7 Å². The van der Waals surface area contributed by atoms with Gasteiger partial charge in [0.05, 0.1) is 11.8 Å². The number of hydrogen-bond acceptors (Lipinski definition) is 5. The number of hydrogen-bond donors (Lipinski definition) is 1. The van der Waals surface area contributed by atoms with Crippen molar-refractivity contribution in [3.05, 3.63) is 16.8 Å². The quantitative estimate of drug-likeness (QED) is 0.892. The first kappa shape index (κ1) is 15.2. The maximum absolute atomic E-state index is 5.92. The molecule has 1 atom stereocenters. The number of ether oxygens (including phenoxy) is 1. The molecule has 1 saturated heterocycles. The first-order chi connectivity index (χ1) is 9.67. The van der Waals surface area contributed by atoms with E-state index in [0.29, 0.717) is 12.6 Å². The van der Waals surface area contributed by atoms with Gasteiger partial charge in [-0.3, -0.25) is 0 Å². The minimum absolute atomic E-state index is 0.303. The molecular weight excluding hydrogens is 252 g/mol. The summed E-state index contributed by atoms with van der Waals surface area (Å²) in [5.41, 5.74) is 9.16. The van der Waals surface area contributed by atoms with Gasteiger partial charge in [0.1, 0.15) is 0 Å². The largest absolute Gasteiger partial charge is 0.376 e. The standard InChI is InChI=1S/C15H26N4O/c1-4-8-20-13-6-5-7-19(10-13)15-14(9-16)11(2)12(3)17-18-15/h13H,4-10,16H2,1-3H3. The Morgan fingerprint density at radius 2 is 2.15 bits per heavy atom. The molecule has 1 aromatic heterocycles. The van der Waals surface area contributed by atoms with Crippen molar-refractivity contribution in [1.82, 2.24) is 10.2 Å². The van der Waals surface area contributed by atoms with Crippen LogP contribution >= 0.6 is 0 Å².